The maximum Gasteiger partial charge on any atom is 0.226 e. The van der Waals surface area contributed by atoms with Gasteiger partial charge in [0.05, 0.1) is 0 Å². The molecule has 0 saturated heterocycles. The molecule has 1 aromatic rings. The van der Waals surface area contributed by atoms with Crippen LogP contribution in [-0.4, -0.2) is 48.2 Å². The topological polar surface area (TPSA) is 66.5 Å². The minimum Gasteiger partial charge on any atom is -0.356 e. The van der Waals surface area contributed by atoms with E-state index in [0.717, 1.165) is 38.3 Å². The fraction of sp³-hybridized carbons (Fsp3) is 0.688. The van der Waals surface area contributed by atoms with Crippen molar-refractivity contribution in [2.45, 2.75) is 45.4 Å². The molecule has 6 nitrogen and oxygen atoms in total. The molecule has 22 heavy (non-hydrogen) atoms. The lowest BCUT2D eigenvalue weighted by Gasteiger charge is -2.21. The molecule has 0 saturated carbocycles. The van der Waals surface area contributed by atoms with E-state index in [9.17, 15) is 0 Å². The highest BCUT2D eigenvalue weighted by molar-refractivity contribution is 5.79. The summed E-state index contributed by atoms with van der Waals surface area (Å²) in [5.41, 5.74) is 0. The number of rotatable bonds is 10. The van der Waals surface area contributed by atoms with Crippen LogP contribution in [0.4, 0.5) is 0 Å². The third kappa shape index (κ3) is 7.24. The smallest absolute Gasteiger partial charge is 0.226 e. The molecular formula is C16H29N5O. The second-order valence-corrected chi connectivity index (χ2v) is 5.37. The van der Waals surface area contributed by atoms with Crippen molar-refractivity contribution in [2.24, 2.45) is 4.99 Å². The molecule has 0 amide bonds. The van der Waals surface area contributed by atoms with Gasteiger partial charge < -0.3 is 14.7 Å². The van der Waals surface area contributed by atoms with Crippen molar-refractivity contribution in [1.29, 1.82) is 0 Å². The minimum absolute atomic E-state index is 0.690. The Morgan fingerprint density at radius 3 is 2.82 bits per heavy atom. The number of unbranched alkanes of at least 4 members (excludes halogenated alkanes) is 3. The van der Waals surface area contributed by atoms with E-state index in [1.165, 1.54) is 19.3 Å². The molecule has 0 aliphatic carbocycles. The zero-order valence-corrected chi connectivity index (χ0v) is 14.1. The highest BCUT2D eigenvalue weighted by atomic mass is 16.5. The standard InChI is InChI=1S/C16H29N5O/c1-5-6-7-8-9-13-21(4)16(17-3)18-12-10-11-15-19-14(2)20-22-15/h5H,1,6-13H2,2-4H3,(H,17,18). The second kappa shape index (κ2) is 10.8. The van der Waals surface area contributed by atoms with Crippen molar-refractivity contribution in [2.75, 3.05) is 27.2 Å². The third-order valence-corrected chi connectivity index (χ3v) is 3.40. The van der Waals surface area contributed by atoms with Gasteiger partial charge in [0.1, 0.15) is 0 Å². The molecule has 6 heteroatoms. The predicted octanol–water partition coefficient (Wildman–Crippen LogP) is 2.56. The maximum atomic E-state index is 5.09. The number of hydrogen-bond donors (Lipinski definition) is 1. The van der Waals surface area contributed by atoms with Gasteiger partial charge in [-0.15, -0.1) is 6.58 Å². The molecule has 0 bridgehead atoms. The van der Waals surface area contributed by atoms with Crippen molar-refractivity contribution in [1.82, 2.24) is 20.4 Å². The number of aryl methyl sites for hydroxylation is 2. The molecular weight excluding hydrogens is 278 g/mol. The van der Waals surface area contributed by atoms with Gasteiger partial charge in [-0.25, -0.2) is 0 Å². The van der Waals surface area contributed by atoms with Crippen molar-refractivity contribution >= 4 is 5.96 Å². The summed E-state index contributed by atoms with van der Waals surface area (Å²) in [6.07, 6.45) is 8.42. The minimum atomic E-state index is 0.690. The molecule has 0 atom stereocenters. The van der Waals surface area contributed by atoms with Crippen LogP contribution in [0.25, 0.3) is 0 Å². The zero-order chi connectivity index (χ0) is 16.2. The molecule has 124 valence electrons. The van der Waals surface area contributed by atoms with Crippen LogP contribution in [0, 0.1) is 6.92 Å². The lowest BCUT2D eigenvalue weighted by atomic mass is 10.2. The Morgan fingerprint density at radius 1 is 1.36 bits per heavy atom. The number of guanidine groups is 1. The van der Waals surface area contributed by atoms with Gasteiger partial charge in [0, 0.05) is 33.6 Å². The monoisotopic (exact) mass is 307 g/mol. The van der Waals surface area contributed by atoms with Crippen molar-refractivity contribution < 1.29 is 4.52 Å². The second-order valence-electron chi connectivity index (χ2n) is 5.37. The first-order valence-corrected chi connectivity index (χ1v) is 7.99. The summed E-state index contributed by atoms with van der Waals surface area (Å²) in [4.78, 5) is 10.7. The number of nitrogens with one attached hydrogen (secondary N) is 1. The van der Waals surface area contributed by atoms with E-state index in [4.69, 9.17) is 4.52 Å². The lowest BCUT2D eigenvalue weighted by Crippen LogP contribution is -2.39. The Bertz CT molecular complexity index is 455. The normalized spacial score (nSPS) is 11.5. The average molecular weight is 307 g/mol. The summed E-state index contributed by atoms with van der Waals surface area (Å²) in [6, 6.07) is 0. The van der Waals surface area contributed by atoms with Gasteiger partial charge in [-0.3, -0.25) is 4.99 Å². The van der Waals surface area contributed by atoms with Crippen LogP contribution in [0.5, 0.6) is 0 Å². The molecule has 0 fully saturated rings. The van der Waals surface area contributed by atoms with Crippen LogP contribution in [0.15, 0.2) is 22.2 Å². The predicted molar refractivity (Wildman–Crippen MR) is 90.0 cm³/mol. The number of aliphatic imine (C=N–C) groups is 1. The van der Waals surface area contributed by atoms with Gasteiger partial charge in [-0.2, -0.15) is 4.98 Å². The molecule has 0 aromatic carbocycles. The largest absolute Gasteiger partial charge is 0.356 e. The lowest BCUT2D eigenvalue weighted by molar-refractivity contribution is 0.371. The summed E-state index contributed by atoms with van der Waals surface area (Å²) < 4.78 is 5.09. The van der Waals surface area contributed by atoms with Crippen LogP contribution in [0.3, 0.4) is 0 Å². The number of nitrogens with zero attached hydrogens (tertiary/aromatic N) is 4. The van der Waals surface area contributed by atoms with Gasteiger partial charge in [0.25, 0.3) is 0 Å². The zero-order valence-electron chi connectivity index (χ0n) is 14.1. The van der Waals surface area contributed by atoms with Crippen LogP contribution >= 0.6 is 0 Å². The van der Waals surface area contributed by atoms with Crippen LogP contribution < -0.4 is 5.32 Å². The van der Waals surface area contributed by atoms with Gasteiger partial charge >= 0.3 is 0 Å². The van der Waals surface area contributed by atoms with E-state index < -0.39 is 0 Å². The maximum absolute atomic E-state index is 5.09. The molecule has 1 heterocycles. The highest BCUT2D eigenvalue weighted by Gasteiger charge is 2.06. The quantitative estimate of drug-likeness (QED) is 0.311. The molecule has 0 aliphatic heterocycles. The van der Waals surface area contributed by atoms with E-state index in [2.05, 4.69) is 39.0 Å². The van der Waals surface area contributed by atoms with Gasteiger partial charge in [0.15, 0.2) is 11.8 Å². The van der Waals surface area contributed by atoms with Crippen LogP contribution in [0.1, 0.15) is 43.8 Å². The van der Waals surface area contributed by atoms with E-state index in [1.807, 2.05) is 20.0 Å². The summed E-state index contributed by atoms with van der Waals surface area (Å²) >= 11 is 0. The summed E-state index contributed by atoms with van der Waals surface area (Å²) in [5.74, 6) is 2.32. The first-order valence-electron chi connectivity index (χ1n) is 7.99. The SMILES string of the molecule is C=CCCCCCN(C)C(=NC)NCCCc1nc(C)no1. The van der Waals surface area contributed by atoms with Crippen molar-refractivity contribution in [3.05, 3.63) is 24.4 Å². The Balaban J connectivity index is 2.16. The molecule has 1 aromatic heterocycles. The fourth-order valence-electron chi connectivity index (χ4n) is 2.19. The Labute approximate surface area is 133 Å². The van der Waals surface area contributed by atoms with Gasteiger partial charge in [-0.1, -0.05) is 17.7 Å². The van der Waals surface area contributed by atoms with E-state index >= 15 is 0 Å². The highest BCUT2D eigenvalue weighted by Crippen LogP contribution is 2.02. The average Bonchev–Trinajstić information content (AvgIpc) is 2.92. The molecule has 0 unspecified atom stereocenters. The third-order valence-electron chi connectivity index (χ3n) is 3.40. The Morgan fingerprint density at radius 2 is 2.18 bits per heavy atom. The fourth-order valence-corrected chi connectivity index (χ4v) is 2.19. The molecule has 0 radical (unpaired) electrons. The van der Waals surface area contributed by atoms with Crippen molar-refractivity contribution in [3.63, 3.8) is 0 Å². The van der Waals surface area contributed by atoms with Gasteiger partial charge in [-0.05, 0) is 32.6 Å². The number of allylic oxidation sites excluding steroid dienone is 1. The van der Waals surface area contributed by atoms with Crippen LogP contribution in [-0.2, 0) is 6.42 Å². The Kier molecular flexibility index (Phi) is 8.95. The van der Waals surface area contributed by atoms with Gasteiger partial charge in [0.2, 0.25) is 5.89 Å². The van der Waals surface area contributed by atoms with Crippen molar-refractivity contribution in [3.8, 4) is 0 Å². The number of aromatic nitrogens is 2. The molecule has 0 spiro atoms. The van der Waals surface area contributed by atoms with E-state index in [1.54, 1.807) is 0 Å². The van der Waals surface area contributed by atoms with Crippen LogP contribution in [0.2, 0.25) is 0 Å². The molecule has 1 rings (SSSR count). The first-order chi connectivity index (χ1) is 10.7. The summed E-state index contributed by atoms with van der Waals surface area (Å²) in [5, 5.41) is 7.15. The van der Waals surface area contributed by atoms with E-state index in [0.29, 0.717) is 11.7 Å². The Hall–Kier alpha value is -1.85. The summed E-state index contributed by atoms with van der Waals surface area (Å²) in [7, 11) is 3.89. The first kappa shape index (κ1) is 18.2. The molecule has 0 aliphatic rings. The molecule has 1 N–H and O–H groups in total. The van der Waals surface area contributed by atoms with E-state index in [-0.39, 0.29) is 0 Å². The summed E-state index contributed by atoms with van der Waals surface area (Å²) in [6.45, 7) is 7.43. The number of hydrogen-bond acceptors (Lipinski definition) is 4.